The Hall–Kier alpha value is -2.75. The molecule has 0 spiro atoms. The molecule has 10 heteroatoms. The van der Waals surface area contributed by atoms with E-state index in [1.807, 2.05) is 25.1 Å². The molecule has 7 nitrogen and oxygen atoms in total. The number of hydrogen-bond donors (Lipinski definition) is 2. The minimum absolute atomic E-state index is 0.123. The predicted molar refractivity (Wildman–Crippen MR) is 115 cm³/mol. The number of carbonyl (C=O) groups is 1. The van der Waals surface area contributed by atoms with Crippen LogP contribution < -0.4 is 10.6 Å². The lowest BCUT2D eigenvalue weighted by molar-refractivity contribution is -0.0225. The van der Waals surface area contributed by atoms with Crippen molar-refractivity contribution in [3.8, 4) is 0 Å². The number of likely N-dealkylation sites (N-methyl/N-ethyl adjacent to an activating group) is 1. The molecule has 1 aliphatic carbocycles. The molecule has 2 N–H and O–H groups in total. The van der Waals surface area contributed by atoms with Crippen molar-refractivity contribution < 1.29 is 18.3 Å². The van der Waals surface area contributed by atoms with Crippen molar-refractivity contribution in [2.24, 2.45) is 7.05 Å². The minimum Gasteiger partial charge on any atom is -0.363 e. The standard InChI is InChI=1S/C21H24ClF2N5O2/c1-28(2)10-11-31-21(19-16(22)13-25-29(19)3)8-6-15(7-9-21)26-20(30)27-18-5-4-14(23)12-17(18)24/h4-8,12-13H,9-11H2,1-3H3,(H2,26,27,30). The maximum absolute atomic E-state index is 13.7. The summed E-state index contributed by atoms with van der Waals surface area (Å²) < 4.78 is 34.7. The summed E-state index contributed by atoms with van der Waals surface area (Å²) in [6.07, 6.45) is 7.27. The molecule has 0 aliphatic heterocycles. The van der Waals surface area contributed by atoms with E-state index in [1.165, 1.54) is 0 Å². The zero-order chi connectivity index (χ0) is 22.6. The van der Waals surface area contributed by atoms with Crippen LogP contribution >= 0.6 is 11.6 Å². The Morgan fingerprint density at radius 1 is 1.35 bits per heavy atom. The van der Waals surface area contributed by atoms with Gasteiger partial charge in [0.25, 0.3) is 0 Å². The highest BCUT2D eigenvalue weighted by Crippen LogP contribution is 2.38. The minimum atomic E-state index is -0.859. The van der Waals surface area contributed by atoms with E-state index in [0.717, 1.165) is 12.1 Å². The first-order chi connectivity index (χ1) is 14.7. The van der Waals surface area contributed by atoms with E-state index in [9.17, 15) is 13.6 Å². The monoisotopic (exact) mass is 451 g/mol. The van der Waals surface area contributed by atoms with Crippen LogP contribution in [0.25, 0.3) is 0 Å². The first-order valence-corrected chi connectivity index (χ1v) is 9.97. The van der Waals surface area contributed by atoms with Crippen LogP contribution in [0.15, 0.2) is 48.3 Å². The molecule has 2 aromatic rings. The van der Waals surface area contributed by atoms with E-state index in [-0.39, 0.29) is 5.69 Å². The highest BCUT2D eigenvalue weighted by atomic mass is 35.5. The summed E-state index contributed by atoms with van der Waals surface area (Å²) in [5.74, 6) is -1.58. The number of ether oxygens (including phenoxy) is 1. The van der Waals surface area contributed by atoms with Gasteiger partial charge in [-0.05, 0) is 38.4 Å². The average Bonchev–Trinajstić information content (AvgIpc) is 3.04. The number of hydrogen-bond acceptors (Lipinski definition) is 4. The number of carbonyl (C=O) groups excluding carboxylic acids is 1. The molecule has 0 saturated carbocycles. The van der Waals surface area contributed by atoms with Gasteiger partial charge in [0.1, 0.15) is 17.2 Å². The van der Waals surface area contributed by atoms with E-state index in [4.69, 9.17) is 16.3 Å². The van der Waals surface area contributed by atoms with Crippen molar-refractivity contribution >= 4 is 23.3 Å². The third-order valence-electron chi connectivity index (χ3n) is 4.79. The van der Waals surface area contributed by atoms with Crippen LogP contribution in [0.4, 0.5) is 19.3 Å². The number of anilines is 1. The molecule has 1 heterocycles. The normalized spacial score (nSPS) is 18.2. The number of aryl methyl sites for hydroxylation is 1. The quantitative estimate of drug-likeness (QED) is 0.672. The summed E-state index contributed by atoms with van der Waals surface area (Å²) in [6.45, 7) is 1.17. The Balaban J connectivity index is 1.72. The first kappa shape index (κ1) is 22.9. The number of urea groups is 1. The Morgan fingerprint density at radius 2 is 2.13 bits per heavy atom. The molecule has 1 atom stereocenters. The highest BCUT2D eigenvalue weighted by Gasteiger charge is 2.36. The molecule has 0 radical (unpaired) electrons. The SMILES string of the molecule is CN(C)CCOC1(c2c(Cl)cnn2C)C=CC(NC(=O)Nc2ccc(F)cc2F)=CC1. The number of aromatic nitrogens is 2. The van der Waals surface area contributed by atoms with Crippen molar-refractivity contribution in [3.63, 3.8) is 0 Å². The second kappa shape index (κ2) is 9.59. The Bertz CT molecular complexity index is 1000. The van der Waals surface area contributed by atoms with Crippen LogP contribution in [0.2, 0.25) is 5.02 Å². The van der Waals surface area contributed by atoms with Gasteiger partial charge in [0, 0.05) is 31.8 Å². The van der Waals surface area contributed by atoms with Gasteiger partial charge in [-0.1, -0.05) is 17.7 Å². The number of amides is 2. The van der Waals surface area contributed by atoms with Crippen LogP contribution in [0.3, 0.4) is 0 Å². The van der Waals surface area contributed by atoms with Gasteiger partial charge in [-0.3, -0.25) is 4.68 Å². The predicted octanol–water partition coefficient (Wildman–Crippen LogP) is 3.79. The van der Waals surface area contributed by atoms with Gasteiger partial charge in [0.15, 0.2) is 0 Å². The van der Waals surface area contributed by atoms with E-state index >= 15 is 0 Å². The lowest BCUT2D eigenvalue weighted by Crippen LogP contribution is -2.36. The van der Waals surface area contributed by atoms with Crippen LogP contribution in [0.5, 0.6) is 0 Å². The molecule has 0 bridgehead atoms. The van der Waals surface area contributed by atoms with Gasteiger partial charge in [0.2, 0.25) is 0 Å². The summed E-state index contributed by atoms with van der Waals surface area (Å²) in [6, 6.07) is 2.27. The number of benzene rings is 1. The van der Waals surface area contributed by atoms with E-state index in [1.54, 1.807) is 30.1 Å². The lowest BCUT2D eigenvalue weighted by atomic mass is 9.90. The van der Waals surface area contributed by atoms with Crippen LogP contribution in [0.1, 0.15) is 12.1 Å². The van der Waals surface area contributed by atoms with Crippen molar-refractivity contribution in [2.75, 3.05) is 32.6 Å². The molecule has 3 rings (SSSR count). The van der Waals surface area contributed by atoms with Crippen LogP contribution in [0, 0.1) is 11.6 Å². The maximum atomic E-state index is 13.7. The summed E-state index contributed by atoms with van der Waals surface area (Å²) in [7, 11) is 5.69. The van der Waals surface area contributed by atoms with E-state index < -0.39 is 23.3 Å². The molecule has 1 aliphatic rings. The summed E-state index contributed by atoms with van der Waals surface area (Å²) in [5, 5.41) is 9.68. The zero-order valence-corrected chi connectivity index (χ0v) is 18.2. The third kappa shape index (κ3) is 5.49. The Kier molecular flexibility index (Phi) is 7.09. The van der Waals surface area contributed by atoms with E-state index in [2.05, 4.69) is 15.7 Å². The second-order valence-corrected chi connectivity index (χ2v) is 7.81. The molecule has 1 aromatic heterocycles. The molecule has 0 saturated heterocycles. The van der Waals surface area contributed by atoms with Gasteiger partial charge < -0.3 is 20.3 Å². The van der Waals surface area contributed by atoms with Gasteiger partial charge in [-0.25, -0.2) is 13.6 Å². The van der Waals surface area contributed by atoms with Gasteiger partial charge in [-0.15, -0.1) is 0 Å². The lowest BCUT2D eigenvalue weighted by Gasteiger charge is -2.33. The first-order valence-electron chi connectivity index (χ1n) is 9.59. The molecule has 2 amide bonds. The summed E-state index contributed by atoms with van der Waals surface area (Å²) >= 11 is 6.38. The smallest absolute Gasteiger partial charge is 0.323 e. The van der Waals surface area contributed by atoms with Crippen LogP contribution in [-0.4, -0.2) is 48.0 Å². The highest BCUT2D eigenvalue weighted by molar-refractivity contribution is 6.31. The van der Waals surface area contributed by atoms with Crippen molar-refractivity contribution in [2.45, 2.75) is 12.0 Å². The topological polar surface area (TPSA) is 71.4 Å². The number of halogens is 3. The molecule has 0 fully saturated rings. The number of nitrogens with one attached hydrogen (secondary N) is 2. The Labute approximate surface area is 184 Å². The average molecular weight is 452 g/mol. The van der Waals surface area contributed by atoms with Gasteiger partial charge >= 0.3 is 6.03 Å². The maximum Gasteiger partial charge on any atom is 0.323 e. The van der Waals surface area contributed by atoms with Crippen LogP contribution in [-0.2, 0) is 17.4 Å². The molecule has 166 valence electrons. The van der Waals surface area contributed by atoms with Crippen molar-refractivity contribution in [1.29, 1.82) is 0 Å². The fraction of sp³-hybridized carbons (Fsp3) is 0.333. The summed E-state index contributed by atoms with van der Waals surface area (Å²) in [5.41, 5.74) is 0.244. The third-order valence-corrected chi connectivity index (χ3v) is 5.06. The molecule has 1 unspecified atom stereocenters. The number of nitrogens with zero attached hydrogens (tertiary/aromatic N) is 3. The second-order valence-electron chi connectivity index (χ2n) is 7.41. The molecule has 1 aromatic carbocycles. The summed E-state index contributed by atoms with van der Waals surface area (Å²) in [4.78, 5) is 14.2. The number of rotatable bonds is 7. The number of allylic oxidation sites excluding steroid dienone is 1. The molecular formula is C21H24ClF2N5O2. The van der Waals surface area contributed by atoms with Crippen molar-refractivity contribution in [1.82, 2.24) is 20.0 Å². The van der Waals surface area contributed by atoms with E-state index in [0.29, 0.717) is 42.1 Å². The fourth-order valence-electron chi connectivity index (χ4n) is 3.24. The largest absolute Gasteiger partial charge is 0.363 e. The van der Waals surface area contributed by atoms with Gasteiger partial charge in [-0.2, -0.15) is 5.10 Å². The van der Waals surface area contributed by atoms with Gasteiger partial charge in [0.05, 0.1) is 29.2 Å². The fourth-order valence-corrected chi connectivity index (χ4v) is 3.56. The Morgan fingerprint density at radius 3 is 2.71 bits per heavy atom. The van der Waals surface area contributed by atoms with Crippen molar-refractivity contribution in [3.05, 3.63) is 70.7 Å². The molecule has 31 heavy (non-hydrogen) atoms. The molecular weight excluding hydrogens is 428 g/mol. The zero-order valence-electron chi connectivity index (χ0n) is 17.5.